The number of hydrogen-bond acceptors (Lipinski definition) is 5. The number of esters is 1. The first-order chi connectivity index (χ1) is 14.1. The second kappa shape index (κ2) is 8.26. The molecule has 1 aliphatic rings. The molecule has 0 bridgehead atoms. The molecule has 7 heteroatoms. The zero-order valence-corrected chi connectivity index (χ0v) is 17.7. The molecule has 0 fully saturated rings. The molecule has 1 aromatic heterocycles. The van der Waals surface area contributed by atoms with E-state index < -0.39 is 17.4 Å². The molecule has 3 rings (SSSR count). The Hall–Kier alpha value is -3.22. The number of hydrogen-bond donors (Lipinski definition) is 1. The average Bonchev–Trinajstić information content (AvgIpc) is 2.66. The molecule has 0 unspecified atom stereocenters. The van der Waals surface area contributed by atoms with Crippen molar-refractivity contribution in [3.8, 4) is 5.69 Å². The van der Waals surface area contributed by atoms with Gasteiger partial charge >= 0.3 is 5.97 Å². The Labute approximate surface area is 175 Å². The minimum atomic E-state index is -0.714. The lowest BCUT2D eigenvalue weighted by Gasteiger charge is -2.32. The summed E-state index contributed by atoms with van der Waals surface area (Å²) in [5.74, 6) is -1.42. The third-order valence-electron chi connectivity index (χ3n) is 5.12. The van der Waals surface area contributed by atoms with Gasteiger partial charge in [0.05, 0.1) is 6.61 Å². The van der Waals surface area contributed by atoms with Gasteiger partial charge in [-0.3, -0.25) is 23.7 Å². The summed E-state index contributed by atoms with van der Waals surface area (Å²) in [6.45, 7) is 7.41. The van der Waals surface area contributed by atoms with Crippen molar-refractivity contribution in [3.63, 3.8) is 0 Å². The molecule has 0 saturated heterocycles. The molecule has 158 valence electrons. The number of nitrogens with one attached hydrogen (secondary N) is 1. The molecule has 1 aliphatic carbocycles. The summed E-state index contributed by atoms with van der Waals surface area (Å²) in [6, 6.07) is 8.70. The number of benzene rings is 1. The SMILES string of the molecule is CCOC(=O)CNC(=O)c1cc2c(n(-c3ccc(C)cc3)c1=O)CC(C)(C)CC2=O. The molecule has 1 amide bonds. The smallest absolute Gasteiger partial charge is 0.325 e. The fraction of sp³-hybridized carbons (Fsp3) is 0.391. The number of amides is 1. The van der Waals surface area contributed by atoms with Crippen LogP contribution < -0.4 is 10.9 Å². The summed E-state index contributed by atoms with van der Waals surface area (Å²) >= 11 is 0. The lowest BCUT2D eigenvalue weighted by atomic mass is 9.75. The van der Waals surface area contributed by atoms with Gasteiger partial charge in [0.15, 0.2) is 5.78 Å². The number of carbonyl (C=O) groups is 3. The van der Waals surface area contributed by atoms with Crippen LogP contribution in [-0.4, -0.2) is 35.4 Å². The van der Waals surface area contributed by atoms with Crippen LogP contribution in [-0.2, 0) is 16.0 Å². The quantitative estimate of drug-likeness (QED) is 0.765. The molecule has 0 saturated carbocycles. The van der Waals surface area contributed by atoms with E-state index in [1.807, 2.05) is 32.9 Å². The minimum Gasteiger partial charge on any atom is -0.465 e. The molecule has 1 heterocycles. The first-order valence-electron chi connectivity index (χ1n) is 9.96. The zero-order valence-electron chi connectivity index (χ0n) is 17.7. The normalized spacial score (nSPS) is 14.7. The van der Waals surface area contributed by atoms with Gasteiger partial charge in [-0.05, 0) is 43.9 Å². The standard InChI is InChI=1S/C23H26N2O5/c1-5-30-20(27)13-24-21(28)17-10-16-18(11-23(3,4)12-19(16)26)25(22(17)29)15-8-6-14(2)7-9-15/h6-10H,5,11-13H2,1-4H3,(H,24,28). The second-order valence-corrected chi connectivity index (χ2v) is 8.32. The highest BCUT2D eigenvalue weighted by Gasteiger charge is 2.35. The first kappa shape index (κ1) is 21.5. The van der Waals surface area contributed by atoms with Crippen LogP contribution in [0.15, 0.2) is 35.1 Å². The third-order valence-corrected chi connectivity index (χ3v) is 5.12. The number of ketones is 1. The molecule has 0 spiro atoms. The number of rotatable bonds is 5. The third kappa shape index (κ3) is 4.35. The highest BCUT2D eigenvalue weighted by atomic mass is 16.5. The minimum absolute atomic E-state index is 0.110. The fourth-order valence-corrected chi connectivity index (χ4v) is 3.70. The Morgan fingerprint density at radius 2 is 1.80 bits per heavy atom. The number of carbonyl (C=O) groups excluding carboxylic acids is 3. The molecular weight excluding hydrogens is 384 g/mol. The first-order valence-corrected chi connectivity index (χ1v) is 9.96. The Morgan fingerprint density at radius 3 is 2.43 bits per heavy atom. The maximum absolute atomic E-state index is 13.3. The van der Waals surface area contributed by atoms with Crippen LogP contribution in [0, 0.1) is 12.3 Å². The number of nitrogens with zero attached hydrogens (tertiary/aromatic N) is 1. The van der Waals surface area contributed by atoms with Crippen molar-refractivity contribution < 1.29 is 19.1 Å². The highest BCUT2D eigenvalue weighted by Crippen LogP contribution is 2.35. The van der Waals surface area contributed by atoms with Gasteiger partial charge < -0.3 is 10.1 Å². The van der Waals surface area contributed by atoms with Crippen LogP contribution in [0.3, 0.4) is 0 Å². The van der Waals surface area contributed by atoms with Gasteiger partial charge in [-0.25, -0.2) is 0 Å². The van der Waals surface area contributed by atoms with Crippen molar-refractivity contribution in [2.24, 2.45) is 5.41 Å². The molecule has 7 nitrogen and oxygen atoms in total. The Kier molecular flexibility index (Phi) is 5.92. The van der Waals surface area contributed by atoms with E-state index in [0.29, 0.717) is 29.8 Å². The van der Waals surface area contributed by atoms with Crippen molar-refractivity contribution in [3.05, 3.63) is 63.1 Å². The summed E-state index contributed by atoms with van der Waals surface area (Å²) in [5, 5.41) is 2.41. The van der Waals surface area contributed by atoms with E-state index in [0.717, 1.165) is 5.56 Å². The second-order valence-electron chi connectivity index (χ2n) is 8.32. The van der Waals surface area contributed by atoms with Crippen LogP contribution in [0.2, 0.25) is 0 Å². The number of Topliss-reactive ketones (excluding diaryl/α,β-unsaturated/α-hetero) is 1. The fourth-order valence-electron chi connectivity index (χ4n) is 3.70. The lowest BCUT2D eigenvalue weighted by Crippen LogP contribution is -2.40. The maximum atomic E-state index is 13.3. The molecular formula is C23H26N2O5. The van der Waals surface area contributed by atoms with Crippen molar-refractivity contribution >= 4 is 17.7 Å². The summed E-state index contributed by atoms with van der Waals surface area (Å²) in [7, 11) is 0. The van der Waals surface area contributed by atoms with Gasteiger partial charge in [-0.15, -0.1) is 0 Å². The van der Waals surface area contributed by atoms with Gasteiger partial charge in [0.1, 0.15) is 12.1 Å². The van der Waals surface area contributed by atoms with Gasteiger partial charge in [-0.1, -0.05) is 31.5 Å². The average molecular weight is 410 g/mol. The largest absolute Gasteiger partial charge is 0.465 e. The van der Waals surface area contributed by atoms with E-state index in [9.17, 15) is 19.2 Å². The van der Waals surface area contributed by atoms with Crippen LogP contribution in [0.25, 0.3) is 5.69 Å². The summed E-state index contributed by atoms with van der Waals surface area (Å²) in [6.07, 6.45) is 0.859. The van der Waals surface area contributed by atoms with Gasteiger partial charge in [0.25, 0.3) is 11.5 Å². The summed E-state index contributed by atoms with van der Waals surface area (Å²) in [4.78, 5) is 50.4. The monoisotopic (exact) mass is 410 g/mol. The van der Waals surface area contributed by atoms with E-state index in [4.69, 9.17) is 4.74 Å². The van der Waals surface area contributed by atoms with Crippen molar-refractivity contribution in [1.82, 2.24) is 9.88 Å². The topological polar surface area (TPSA) is 94.5 Å². The number of fused-ring (bicyclic) bond motifs is 1. The number of ether oxygens (including phenoxy) is 1. The Bertz CT molecular complexity index is 1060. The van der Waals surface area contributed by atoms with Crippen LogP contribution >= 0.6 is 0 Å². The molecule has 0 radical (unpaired) electrons. The molecule has 1 aromatic carbocycles. The number of aromatic nitrogens is 1. The Balaban J connectivity index is 2.13. The van der Waals surface area contributed by atoms with Crippen molar-refractivity contribution in [2.75, 3.05) is 13.2 Å². The number of pyridine rings is 1. The van der Waals surface area contributed by atoms with E-state index in [1.165, 1.54) is 10.6 Å². The summed E-state index contributed by atoms with van der Waals surface area (Å²) in [5.41, 5.74) is 1.60. The Morgan fingerprint density at radius 1 is 1.13 bits per heavy atom. The zero-order chi connectivity index (χ0) is 22.1. The molecule has 2 aromatic rings. The van der Waals surface area contributed by atoms with Gasteiger partial charge in [-0.2, -0.15) is 0 Å². The molecule has 0 aliphatic heterocycles. The van der Waals surface area contributed by atoms with Crippen LogP contribution in [0.4, 0.5) is 0 Å². The van der Waals surface area contributed by atoms with E-state index >= 15 is 0 Å². The number of aryl methyl sites for hydroxylation is 1. The van der Waals surface area contributed by atoms with E-state index in [1.54, 1.807) is 19.1 Å². The maximum Gasteiger partial charge on any atom is 0.325 e. The predicted molar refractivity (Wildman–Crippen MR) is 112 cm³/mol. The van der Waals surface area contributed by atoms with E-state index in [-0.39, 0.29) is 29.9 Å². The van der Waals surface area contributed by atoms with E-state index in [2.05, 4.69) is 5.32 Å². The molecule has 0 atom stereocenters. The van der Waals surface area contributed by atoms with Gasteiger partial charge in [0, 0.05) is 23.4 Å². The summed E-state index contributed by atoms with van der Waals surface area (Å²) < 4.78 is 6.25. The van der Waals surface area contributed by atoms with Crippen molar-refractivity contribution in [2.45, 2.75) is 40.5 Å². The van der Waals surface area contributed by atoms with Crippen molar-refractivity contribution in [1.29, 1.82) is 0 Å². The molecule has 30 heavy (non-hydrogen) atoms. The molecule has 1 N–H and O–H groups in total. The van der Waals surface area contributed by atoms with Crippen LogP contribution in [0.1, 0.15) is 59.2 Å². The lowest BCUT2D eigenvalue weighted by molar-refractivity contribution is -0.141. The predicted octanol–water partition coefficient (Wildman–Crippen LogP) is 2.59. The van der Waals surface area contributed by atoms with Crippen LogP contribution in [0.5, 0.6) is 0 Å². The highest BCUT2D eigenvalue weighted by molar-refractivity contribution is 6.02. The van der Waals surface area contributed by atoms with Gasteiger partial charge in [0.2, 0.25) is 0 Å².